The quantitative estimate of drug-likeness (QED) is 0.741. The van der Waals surface area contributed by atoms with Crippen molar-refractivity contribution >= 4 is 17.1 Å². The van der Waals surface area contributed by atoms with Gasteiger partial charge in [0.05, 0.1) is 6.04 Å². The lowest BCUT2D eigenvalue weighted by atomic mass is 10.1. The molecule has 1 atom stereocenters. The molecule has 1 aromatic rings. The van der Waals surface area contributed by atoms with E-state index in [1.165, 1.54) is 4.88 Å². The summed E-state index contributed by atoms with van der Waals surface area (Å²) in [4.78, 5) is 14.9. The second kappa shape index (κ2) is 6.03. The van der Waals surface area contributed by atoms with Gasteiger partial charge in [0.15, 0.2) is 0 Å². The van der Waals surface area contributed by atoms with Crippen LogP contribution in [-0.4, -0.2) is 23.8 Å². The first kappa shape index (κ1) is 12.4. The highest BCUT2D eigenvalue weighted by Crippen LogP contribution is 2.27. The summed E-state index contributed by atoms with van der Waals surface area (Å²) in [6, 6.07) is 4.45. The Morgan fingerprint density at radius 2 is 2.13 bits per heavy atom. The largest absolute Gasteiger partial charge is 0.300 e. The molecule has 0 radical (unpaired) electrons. The molecule has 0 saturated heterocycles. The van der Waals surface area contributed by atoms with E-state index in [1.807, 2.05) is 0 Å². The van der Waals surface area contributed by atoms with Crippen LogP contribution in [0.3, 0.4) is 0 Å². The number of carbonyl (C=O) groups is 1. The average molecular weight is 225 g/mol. The van der Waals surface area contributed by atoms with E-state index < -0.39 is 0 Å². The third kappa shape index (κ3) is 3.43. The summed E-state index contributed by atoms with van der Waals surface area (Å²) < 4.78 is 0. The van der Waals surface area contributed by atoms with Crippen molar-refractivity contribution in [2.75, 3.05) is 13.1 Å². The average Bonchev–Trinajstić information content (AvgIpc) is 2.70. The molecule has 0 aliphatic heterocycles. The molecular weight excluding hydrogens is 206 g/mol. The fourth-order valence-electron chi connectivity index (χ4n) is 1.83. The summed E-state index contributed by atoms with van der Waals surface area (Å²) in [6.45, 7) is 7.94. The molecule has 1 rings (SSSR count). The number of ketones is 1. The Morgan fingerprint density at radius 1 is 1.47 bits per heavy atom. The molecule has 0 fully saturated rings. The number of Topliss-reactive ketones (excluding diaryl/α,β-unsaturated/α-hetero) is 1. The van der Waals surface area contributed by atoms with Crippen molar-refractivity contribution in [2.45, 2.75) is 33.2 Å². The number of rotatable bonds is 6. The Morgan fingerprint density at radius 3 is 2.53 bits per heavy atom. The Hall–Kier alpha value is -0.670. The lowest BCUT2D eigenvalue weighted by Crippen LogP contribution is -2.29. The molecule has 1 heterocycles. The third-order valence-electron chi connectivity index (χ3n) is 2.61. The van der Waals surface area contributed by atoms with Gasteiger partial charge in [0, 0.05) is 11.3 Å². The Balaban J connectivity index is 2.82. The van der Waals surface area contributed by atoms with Crippen LogP contribution in [0.5, 0.6) is 0 Å². The van der Waals surface area contributed by atoms with Crippen molar-refractivity contribution in [1.82, 2.24) is 4.90 Å². The van der Waals surface area contributed by atoms with Crippen LogP contribution in [0.15, 0.2) is 17.5 Å². The first-order valence-corrected chi connectivity index (χ1v) is 6.33. The first-order chi connectivity index (χ1) is 7.19. The van der Waals surface area contributed by atoms with Crippen LogP contribution in [0.2, 0.25) is 0 Å². The predicted octanol–water partition coefficient (Wildman–Crippen LogP) is 3.11. The van der Waals surface area contributed by atoms with E-state index in [0.29, 0.717) is 6.42 Å². The normalized spacial score (nSPS) is 13.1. The summed E-state index contributed by atoms with van der Waals surface area (Å²) in [5.41, 5.74) is 0. The molecule has 0 saturated carbocycles. The third-order valence-corrected chi connectivity index (χ3v) is 3.58. The zero-order valence-corrected chi connectivity index (χ0v) is 10.5. The van der Waals surface area contributed by atoms with Crippen molar-refractivity contribution in [1.29, 1.82) is 0 Å². The van der Waals surface area contributed by atoms with Gasteiger partial charge in [-0.2, -0.15) is 0 Å². The van der Waals surface area contributed by atoms with Crippen molar-refractivity contribution in [3.05, 3.63) is 22.4 Å². The van der Waals surface area contributed by atoms with E-state index in [0.717, 1.165) is 13.1 Å². The fourth-order valence-corrected chi connectivity index (χ4v) is 2.69. The van der Waals surface area contributed by atoms with E-state index in [2.05, 4.69) is 36.3 Å². The van der Waals surface area contributed by atoms with Gasteiger partial charge in [-0.3, -0.25) is 9.69 Å². The van der Waals surface area contributed by atoms with Crippen LogP contribution in [0.25, 0.3) is 0 Å². The highest BCUT2D eigenvalue weighted by Gasteiger charge is 2.20. The van der Waals surface area contributed by atoms with Crippen LogP contribution in [0.4, 0.5) is 0 Å². The van der Waals surface area contributed by atoms with Crippen molar-refractivity contribution in [3.8, 4) is 0 Å². The molecule has 0 N–H and O–H groups in total. The Kier molecular flexibility index (Phi) is 4.99. The maximum absolute atomic E-state index is 11.3. The lowest BCUT2D eigenvalue weighted by molar-refractivity contribution is -0.118. The minimum atomic E-state index is 0.264. The van der Waals surface area contributed by atoms with Crippen LogP contribution in [-0.2, 0) is 4.79 Å². The maximum Gasteiger partial charge on any atom is 0.131 e. The molecule has 0 bridgehead atoms. The topological polar surface area (TPSA) is 20.3 Å². The van der Waals surface area contributed by atoms with Crippen molar-refractivity contribution in [2.24, 2.45) is 0 Å². The number of hydrogen-bond acceptors (Lipinski definition) is 3. The summed E-state index contributed by atoms with van der Waals surface area (Å²) in [5, 5.41) is 2.08. The van der Waals surface area contributed by atoms with Gasteiger partial charge in [-0.15, -0.1) is 11.3 Å². The van der Waals surface area contributed by atoms with Crippen molar-refractivity contribution < 1.29 is 4.79 Å². The number of hydrogen-bond donors (Lipinski definition) is 0. The van der Waals surface area contributed by atoms with Gasteiger partial charge in [0.1, 0.15) is 5.78 Å². The molecule has 2 nitrogen and oxygen atoms in total. The van der Waals surface area contributed by atoms with Gasteiger partial charge in [-0.1, -0.05) is 19.9 Å². The predicted molar refractivity (Wildman–Crippen MR) is 65.3 cm³/mol. The van der Waals surface area contributed by atoms with Crippen LogP contribution >= 0.6 is 11.3 Å². The molecule has 15 heavy (non-hydrogen) atoms. The molecule has 0 aromatic carbocycles. The van der Waals surface area contributed by atoms with Crippen LogP contribution < -0.4 is 0 Å². The smallest absolute Gasteiger partial charge is 0.131 e. The number of carbonyl (C=O) groups excluding carboxylic acids is 1. The SMILES string of the molecule is CCN(CC)C(CC(C)=O)c1cccs1. The maximum atomic E-state index is 11.3. The second-order valence-electron chi connectivity index (χ2n) is 3.66. The second-order valence-corrected chi connectivity index (χ2v) is 4.64. The van der Waals surface area contributed by atoms with E-state index in [-0.39, 0.29) is 11.8 Å². The van der Waals surface area contributed by atoms with Crippen LogP contribution in [0, 0.1) is 0 Å². The summed E-state index contributed by atoms with van der Waals surface area (Å²) in [6.07, 6.45) is 0.627. The minimum Gasteiger partial charge on any atom is -0.300 e. The van der Waals surface area contributed by atoms with Gasteiger partial charge in [0.25, 0.3) is 0 Å². The Labute approximate surface area is 95.9 Å². The van der Waals surface area contributed by atoms with Gasteiger partial charge in [-0.05, 0) is 31.5 Å². The van der Waals surface area contributed by atoms with E-state index in [4.69, 9.17) is 0 Å². The molecule has 3 heteroatoms. The molecule has 0 aliphatic carbocycles. The molecule has 84 valence electrons. The summed E-state index contributed by atoms with van der Waals surface area (Å²) in [7, 11) is 0. The highest BCUT2D eigenvalue weighted by molar-refractivity contribution is 7.10. The summed E-state index contributed by atoms with van der Waals surface area (Å²) >= 11 is 1.74. The van der Waals surface area contributed by atoms with Crippen molar-refractivity contribution in [3.63, 3.8) is 0 Å². The van der Waals surface area contributed by atoms with Crippen LogP contribution in [0.1, 0.15) is 38.1 Å². The Bertz CT molecular complexity index is 291. The van der Waals surface area contributed by atoms with E-state index in [1.54, 1.807) is 18.3 Å². The van der Waals surface area contributed by atoms with Gasteiger partial charge in [-0.25, -0.2) is 0 Å². The highest BCUT2D eigenvalue weighted by atomic mass is 32.1. The fraction of sp³-hybridized carbons (Fsp3) is 0.583. The van der Waals surface area contributed by atoms with Gasteiger partial charge in [0.2, 0.25) is 0 Å². The molecular formula is C12H19NOS. The van der Waals surface area contributed by atoms with E-state index in [9.17, 15) is 4.79 Å². The van der Waals surface area contributed by atoms with Gasteiger partial charge < -0.3 is 0 Å². The zero-order chi connectivity index (χ0) is 11.3. The molecule has 0 aliphatic rings. The molecule has 0 spiro atoms. The molecule has 1 unspecified atom stereocenters. The number of nitrogens with zero attached hydrogens (tertiary/aromatic N) is 1. The van der Waals surface area contributed by atoms with Gasteiger partial charge >= 0.3 is 0 Å². The first-order valence-electron chi connectivity index (χ1n) is 5.45. The zero-order valence-electron chi connectivity index (χ0n) is 9.69. The molecule has 1 aromatic heterocycles. The minimum absolute atomic E-state index is 0.264. The number of thiophene rings is 1. The summed E-state index contributed by atoms with van der Waals surface area (Å²) in [5.74, 6) is 0.264. The lowest BCUT2D eigenvalue weighted by Gasteiger charge is -2.28. The monoisotopic (exact) mass is 225 g/mol. The standard InChI is InChI=1S/C12H19NOS/c1-4-13(5-2)11(9-10(3)14)12-7-6-8-15-12/h6-8,11H,4-5,9H2,1-3H3. The van der Waals surface area contributed by atoms with E-state index >= 15 is 0 Å². The molecule has 0 amide bonds.